The van der Waals surface area contributed by atoms with Crippen LogP contribution in [-0.2, 0) is 4.74 Å². The van der Waals surface area contributed by atoms with Crippen LogP contribution in [0.4, 0.5) is 0 Å². The quantitative estimate of drug-likeness (QED) is 0.831. The second-order valence-corrected chi connectivity index (χ2v) is 5.67. The van der Waals surface area contributed by atoms with E-state index < -0.39 is 0 Å². The molecular weight excluding hydrogens is 318 g/mol. The van der Waals surface area contributed by atoms with Crippen LogP contribution in [0.15, 0.2) is 22.7 Å². The van der Waals surface area contributed by atoms with Gasteiger partial charge in [0, 0.05) is 35.8 Å². The Labute approximate surface area is 120 Å². The van der Waals surface area contributed by atoms with Gasteiger partial charge in [-0.2, -0.15) is 0 Å². The number of rotatable bonds is 2. The lowest BCUT2D eigenvalue weighted by Gasteiger charge is -2.31. The molecule has 0 aliphatic carbocycles. The average Bonchev–Trinajstić information content (AvgIpc) is 2.41. The Hall–Kier alpha value is -0.580. The van der Waals surface area contributed by atoms with E-state index in [0.717, 1.165) is 30.5 Å². The van der Waals surface area contributed by atoms with Gasteiger partial charge >= 0.3 is 0 Å². The predicted molar refractivity (Wildman–Crippen MR) is 75.1 cm³/mol. The van der Waals surface area contributed by atoms with E-state index >= 15 is 0 Å². The van der Waals surface area contributed by atoms with Crippen molar-refractivity contribution in [3.8, 4) is 0 Å². The van der Waals surface area contributed by atoms with Crippen molar-refractivity contribution >= 4 is 33.4 Å². The molecular formula is C13H15BrClNO2. The van der Waals surface area contributed by atoms with Crippen molar-refractivity contribution in [2.75, 3.05) is 20.3 Å². The Bertz CT molecular complexity index is 447. The number of carbonyl (C=O) groups excluding carboxylic acids is 1. The lowest BCUT2D eigenvalue weighted by molar-refractivity contribution is 0.0361. The molecule has 1 aliphatic rings. The second-order valence-electron chi connectivity index (χ2n) is 4.38. The van der Waals surface area contributed by atoms with Crippen molar-refractivity contribution in [2.45, 2.75) is 18.9 Å². The van der Waals surface area contributed by atoms with Crippen LogP contribution >= 0.6 is 27.5 Å². The fourth-order valence-electron chi connectivity index (χ4n) is 2.09. The summed E-state index contributed by atoms with van der Waals surface area (Å²) in [6, 6.07) is 5.51. The first-order valence-electron chi connectivity index (χ1n) is 5.89. The highest BCUT2D eigenvalue weighted by molar-refractivity contribution is 9.10. The first-order chi connectivity index (χ1) is 8.59. The third kappa shape index (κ3) is 3.05. The number of carbonyl (C=O) groups is 1. The van der Waals surface area contributed by atoms with Crippen LogP contribution < -0.4 is 0 Å². The standard InChI is InChI=1S/C13H15BrClNO2/c1-16(10-4-6-18-7-5-10)13(17)11-8-9(15)2-3-12(11)14/h2-3,8,10H,4-7H2,1H3. The molecule has 0 spiro atoms. The lowest BCUT2D eigenvalue weighted by atomic mass is 10.1. The highest BCUT2D eigenvalue weighted by Gasteiger charge is 2.24. The molecule has 0 aromatic heterocycles. The molecule has 1 aromatic carbocycles. The Kier molecular flexibility index (Phi) is 4.65. The minimum absolute atomic E-state index is 0.00345. The molecule has 0 atom stereocenters. The highest BCUT2D eigenvalue weighted by atomic mass is 79.9. The summed E-state index contributed by atoms with van der Waals surface area (Å²) in [4.78, 5) is 14.2. The van der Waals surface area contributed by atoms with Crippen LogP contribution in [0.5, 0.6) is 0 Å². The molecule has 0 bridgehead atoms. The minimum atomic E-state index is -0.00345. The van der Waals surface area contributed by atoms with Gasteiger partial charge < -0.3 is 9.64 Å². The van der Waals surface area contributed by atoms with Gasteiger partial charge in [0.1, 0.15) is 0 Å². The molecule has 0 saturated carbocycles. The van der Waals surface area contributed by atoms with Crippen LogP contribution in [0.25, 0.3) is 0 Å². The van der Waals surface area contributed by atoms with Crippen LogP contribution in [0.1, 0.15) is 23.2 Å². The third-order valence-electron chi connectivity index (χ3n) is 3.22. The zero-order valence-electron chi connectivity index (χ0n) is 10.2. The molecule has 1 fully saturated rings. The Morgan fingerprint density at radius 3 is 2.78 bits per heavy atom. The first-order valence-corrected chi connectivity index (χ1v) is 7.06. The summed E-state index contributed by atoms with van der Waals surface area (Å²) in [5.41, 5.74) is 0.608. The van der Waals surface area contributed by atoms with Gasteiger partial charge in [-0.3, -0.25) is 4.79 Å². The van der Waals surface area contributed by atoms with Crippen LogP contribution in [0, 0.1) is 0 Å². The number of nitrogens with zero attached hydrogens (tertiary/aromatic N) is 1. The van der Waals surface area contributed by atoms with Gasteiger partial charge in [0.25, 0.3) is 5.91 Å². The largest absolute Gasteiger partial charge is 0.381 e. The van der Waals surface area contributed by atoms with Gasteiger partial charge in [-0.05, 0) is 47.0 Å². The summed E-state index contributed by atoms with van der Waals surface area (Å²) in [5, 5.41) is 0.571. The number of hydrogen-bond donors (Lipinski definition) is 0. The predicted octanol–water partition coefficient (Wildman–Crippen LogP) is 3.35. The molecule has 1 aromatic rings. The van der Waals surface area contributed by atoms with E-state index in [2.05, 4.69) is 15.9 Å². The van der Waals surface area contributed by atoms with E-state index in [-0.39, 0.29) is 11.9 Å². The maximum absolute atomic E-state index is 12.4. The normalized spacial score (nSPS) is 16.6. The molecule has 1 amide bonds. The number of halogens is 2. The van der Waals surface area contributed by atoms with Crippen molar-refractivity contribution in [3.63, 3.8) is 0 Å². The monoisotopic (exact) mass is 331 g/mol. The number of hydrogen-bond acceptors (Lipinski definition) is 2. The summed E-state index contributed by atoms with van der Waals surface area (Å²) in [6.07, 6.45) is 1.78. The maximum atomic E-state index is 12.4. The second kappa shape index (κ2) is 6.04. The van der Waals surface area contributed by atoms with Gasteiger partial charge in [-0.25, -0.2) is 0 Å². The number of ether oxygens (including phenoxy) is 1. The Balaban J connectivity index is 2.16. The van der Waals surface area contributed by atoms with Crippen molar-refractivity contribution in [1.29, 1.82) is 0 Å². The van der Waals surface area contributed by atoms with Crippen LogP contribution in [0.3, 0.4) is 0 Å². The summed E-state index contributed by atoms with van der Waals surface area (Å²) >= 11 is 9.33. The molecule has 0 N–H and O–H groups in total. The van der Waals surface area contributed by atoms with Gasteiger partial charge in [-0.1, -0.05) is 11.6 Å². The van der Waals surface area contributed by atoms with Gasteiger partial charge in [-0.15, -0.1) is 0 Å². The smallest absolute Gasteiger partial charge is 0.255 e. The number of amides is 1. The minimum Gasteiger partial charge on any atom is -0.381 e. The molecule has 18 heavy (non-hydrogen) atoms. The van der Waals surface area contributed by atoms with E-state index in [1.54, 1.807) is 23.1 Å². The highest BCUT2D eigenvalue weighted by Crippen LogP contribution is 2.24. The molecule has 1 saturated heterocycles. The first kappa shape index (κ1) is 13.8. The van der Waals surface area contributed by atoms with Gasteiger partial charge in [0.05, 0.1) is 5.56 Å². The molecule has 0 radical (unpaired) electrons. The summed E-state index contributed by atoms with van der Waals surface area (Å²) in [5.74, 6) is -0.00345. The van der Waals surface area contributed by atoms with Crippen molar-refractivity contribution in [3.05, 3.63) is 33.3 Å². The fraction of sp³-hybridized carbons (Fsp3) is 0.462. The van der Waals surface area contributed by atoms with Gasteiger partial charge in [0.15, 0.2) is 0 Å². The molecule has 98 valence electrons. The third-order valence-corrected chi connectivity index (χ3v) is 4.14. The van der Waals surface area contributed by atoms with Crippen LogP contribution in [0.2, 0.25) is 5.02 Å². The summed E-state index contributed by atoms with van der Waals surface area (Å²) in [7, 11) is 1.84. The summed E-state index contributed by atoms with van der Waals surface area (Å²) in [6.45, 7) is 1.44. The topological polar surface area (TPSA) is 29.5 Å². The van der Waals surface area contributed by atoms with E-state index in [1.807, 2.05) is 7.05 Å². The van der Waals surface area contributed by atoms with E-state index in [9.17, 15) is 4.79 Å². The fourth-order valence-corrected chi connectivity index (χ4v) is 2.68. The van der Waals surface area contributed by atoms with Crippen LogP contribution in [-0.4, -0.2) is 37.1 Å². The molecule has 5 heteroatoms. The average molecular weight is 333 g/mol. The Morgan fingerprint density at radius 2 is 2.11 bits per heavy atom. The molecule has 1 aliphatic heterocycles. The zero-order valence-corrected chi connectivity index (χ0v) is 12.5. The number of benzene rings is 1. The molecule has 2 rings (SSSR count). The lowest BCUT2D eigenvalue weighted by Crippen LogP contribution is -2.40. The molecule has 1 heterocycles. The van der Waals surface area contributed by atoms with Crippen molar-refractivity contribution < 1.29 is 9.53 Å². The zero-order chi connectivity index (χ0) is 13.1. The van der Waals surface area contributed by atoms with E-state index in [1.165, 1.54) is 0 Å². The van der Waals surface area contributed by atoms with Gasteiger partial charge in [0.2, 0.25) is 0 Å². The summed E-state index contributed by atoms with van der Waals surface area (Å²) < 4.78 is 6.08. The molecule has 3 nitrogen and oxygen atoms in total. The van der Waals surface area contributed by atoms with Crippen molar-refractivity contribution in [2.24, 2.45) is 0 Å². The van der Waals surface area contributed by atoms with E-state index in [4.69, 9.17) is 16.3 Å². The Morgan fingerprint density at radius 1 is 1.44 bits per heavy atom. The van der Waals surface area contributed by atoms with Crippen molar-refractivity contribution in [1.82, 2.24) is 4.90 Å². The molecule has 0 unspecified atom stereocenters. The SMILES string of the molecule is CN(C(=O)c1cc(Cl)ccc1Br)C1CCOCC1. The van der Waals surface area contributed by atoms with E-state index in [0.29, 0.717) is 10.6 Å². The maximum Gasteiger partial charge on any atom is 0.255 e.